The molecule has 1 N–H and O–H groups in total. The Balaban J connectivity index is 1.55. The second-order valence-corrected chi connectivity index (χ2v) is 8.50. The third-order valence-electron chi connectivity index (χ3n) is 5.91. The highest BCUT2D eigenvalue weighted by Crippen LogP contribution is 2.34. The van der Waals surface area contributed by atoms with E-state index < -0.39 is 10.8 Å². The number of rotatable bonds is 6. The molecular formula is C26H27N3O4. The molecule has 3 aromatic rings. The smallest absolute Gasteiger partial charge is 0.293 e. The molecule has 1 aliphatic heterocycles. The third kappa shape index (κ3) is 5.31. The van der Waals surface area contributed by atoms with E-state index in [4.69, 9.17) is 4.74 Å². The molecule has 0 aromatic heterocycles. The summed E-state index contributed by atoms with van der Waals surface area (Å²) in [5, 5.41) is 14.6. The number of nitro groups is 1. The van der Waals surface area contributed by atoms with Crippen LogP contribution in [0.3, 0.4) is 0 Å². The number of hydrogen-bond donors (Lipinski definition) is 1. The monoisotopic (exact) mass is 445 g/mol. The number of amides is 1. The number of carbonyl (C=O) groups excluding carboxylic acids is 1. The van der Waals surface area contributed by atoms with Gasteiger partial charge in [0.05, 0.1) is 10.6 Å². The van der Waals surface area contributed by atoms with Crippen molar-refractivity contribution in [2.75, 3.05) is 23.3 Å². The number of hydrogen-bond acceptors (Lipinski definition) is 5. The molecule has 0 spiro atoms. The molecule has 170 valence electrons. The van der Waals surface area contributed by atoms with Crippen LogP contribution in [0.5, 0.6) is 11.5 Å². The van der Waals surface area contributed by atoms with Crippen molar-refractivity contribution in [1.82, 2.24) is 0 Å². The molecule has 0 unspecified atom stereocenters. The lowest BCUT2D eigenvalue weighted by Gasteiger charge is -2.31. The summed E-state index contributed by atoms with van der Waals surface area (Å²) in [5.74, 6) is 1.34. The van der Waals surface area contributed by atoms with Gasteiger partial charge in [0, 0.05) is 24.7 Å². The van der Waals surface area contributed by atoms with E-state index in [0.29, 0.717) is 28.8 Å². The van der Waals surface area contributed by atoms with Crippen molar-refractivity contribution in [3.8, 4) is 11.5 Å². The van der Waals surface area contributed by atoms with Crippen LogP contribution in [0.2, 0.25) is 0 Å². The maximum atomic E-state index is 13.0. The summed E-state index contributed by atoms with van der Waals surface area (Å²) >= 11 is 0. The molecule has 1 aliphatic rings. The van der Waals surface area contributed by atoms with Gasteiger partial charge in [-0.1, -0.05) is 31.2 Å². The molecule has 0 radical (unpaired) electrons. The fourth-order valence-electron chi connectivity index (χ4n) is 3.99. The van der Waals surface area contributed by atoms with Crippen LogP contribution in [0.4, 0.5) is 17.1 Å². The van der Waals surface area contributed by atoms with E-state index in [2.05, 4.69) is 12.2 Å². The molecule has 0 bridgehead atoms. The lowest BCUT2D eigenvalue weighted by molar-refractivity contribution is -0.384. The van der Waals surface area contributed by atoms with Crippen molar-refractivity contribution in [3.63, 3.8) is 0 Å². The molecule has 1 amide bonds. The zero-order chi connectivity index (χ0) is 23.4. The first kappa shape index (κ1) is 22.3. The molecule has 4 rings (SSSR count). The molecule has 0 atom stereocenters. The van der Waals surface area contributed by atoms with Gasteiger partial charge in [-0.25, -0.2) is 0 Å². The first-order valence-corrected chi connectivity index (χ1v) is 11.1. The van der Waals surface area contributed by atoms with E-state index in [1.807, 2.05) is 42.2 Å². The van der Waals surface area contributed by atoms with E-state index in [9.17, 15) is 14.9 Å². The maximum Gasteiger partial charge on any atom is 0.293 e. The van der Waals surface area contributed by atoms with Gasteiger partial charge < -0.3 is 15.0 Å². The quantitative estimate of drug-likeness (QED) is 0.361. The molecule has 3 aromatic carbocycles. The van der Waals surface area contributed by atoms with Gasteiger partial charge in [-0.05, 0) is 67.6 Å². The van der Waals surface area contributed by atoms with Crippen LogP contribution in [0, 0.1) is 23.0 Å². The van der Waals surface area contributed by atoms with Crippen LogP contribution < -0.4 is 15.0 Å². The van der Waals surface area contributed by atoms with Gasteiger partial charge in [-0.3, -0.25) is 14.9 Å². The SMILES string of the molecule is Cc1cccc(Oc2ccccc2NC(=O)c2ccc(N3CCC(C)CC3)c([N+](=O)[O-])c2)c1. The minimum atomic E-state index is -0.433. The standard InChI is InChI=1S/C26H27N3O4/c1-18-12-14-28(15-13-18)23-11-10-20(17-24(23)29(31)32)26(30)27-22-8-3-4-9-25(22)33-21-7-5-6-19(2)16-21/h3-11,16-18H,12-15H2,1-2H3,(H,27,30). The Morgan fingerprint density at radius 1 is 1.06 bits per heavy atom. The van der Waals surface area contributed by atoms with E-state index in [1.54, 1.807) is 30.3 Å². The molecule has 0 saturated carbocycles. The van der Waals surface area contributed by atoms with E-state index in [0.717, 1.165) is 31.5 Å². The minimum Gasteiger partial charge on any atom is -0.455 e. The summed E-state index contributed by atoms with van der Waals surface area (Å²) in [6, 6.07) is 19.4. The zero-order valence-corrected chi connectivity index (χ0v) is 18.8. The van der Waals surface area contributed by atoms with Gasteiger partial charge in [0.1, 0.15) is 11.4 Å². The number of nitrogens with one attached hydrogen (secondary N) is 1. The molecule has 33 heavy (non-hydrogen) atoms. The first-order valence-electron chi connectivity index (χ1n) is 11.1. The highest BCUT2D eigenvalue weighted by atomic mass is 16.6. The average molecular weight is 446 g/mol. The Kier molecular flexibility index (Phi) is 6.58. The third-order valence-corrected chi connectivity index (χ3v) is 5.91. The summed E-state index contributed by atoms with van der Waals surface area (Å²) < 4.78 is 5.97. The van der Waals surface area contributed by atoms with Crippen LogP contribution in [0.15, 0.2) is 66.7 Å². The molecule has 0 aliphatic carbocycles. The van der Waals surface area contributed by atoms with E-state index in [1.165, 1.54) is 6.07 Å². The highest BCUT2D eigenvalue weighted by molar-refractivity contribution is 6.05. The second-order valence-electron chi connectivity index (χ2n) is 8.50. The number of piperidine rings is 1. The number of carbonyl (C=O) groups is 1. The Morgan fingerprint density at radius 2 is 1.82 bits per heavy atom. The van der Waals surface area contributed by atoms with Gasteiger partial charge in [-0.15, -0.1) is 0 Å². The van der Waals surface area contributed by atoms with Gasteiger partial charge in [0.2, 0.25) is 0 Å². The maximum absolute atomic E-state index is 13.0. The molecule has 1 saturated heterocycles. The van der Waals surface area contributed by atoms with Crippen LogP contribution in [-0.4, -0.2) is 23.9 Å². The summed E-state index contributed by atoms with van der Waals surface area (Å²) in [4.78, 5) is 26.4. The molecule has 7 heteroatoms. The predicted molar refractivity (Wildman–Crippen MR) is 129 cm³/mol. The number of nitro benzene ring substituents is 1. The van der Waals surface area contributed by atoms with Gasteiger partial charge in [-0.2, -0.15) is 0 Å². The predicted octanol–water partition coefficient (Wildman–Crippen LogP) is 6.18. The van der Waals surface area contributed by atoms with Crippen LogP contribution in [0.1, 0.15) is 35.7 Å². The zero-order valence-electron chi connectivity index (χ0n) is 18.8. The van der Waals surface area contributed by atoms with Gasteiger partial charge >= 0.3 is 0 Å². The number of para-hydroxylation sites is 2. The normalized spacial score (nSPS) is 14.1. The van der Waals surface area contributed by atoms with Gasteiger partial charge in [0.15, 0.2) is 5.75 Å². The van der Waals surface area contributed by atoms with Crippen molar-refractivity contribution in [2.24, 2.45) is 5.92 Å². The molecule has 1 fully saturated rings. The largest absolute Gasteiger partial charge is 0.455 e. The van der Waals surface area contributed by atoms with Crippen molar-refractivity contribution in [1.29, 1.82) is 0 Å². The topological polar surface area (TPSA) is 84.7 Å². The Bertz CT molecular complexity index is 1170. The van der Waals surface area contributed by atoms with E-state index >= 15 is 0 Å². The van der Waals surface area contributed by atoms with E-state index in [-0.39, 0.29) is 11.3 Å². The number of benzene rings is 3. The summed E-state index contributed by atoms with van der Waals surface area (Å²) in [5.41, 5.74) is 2.28. The van der Waals surface area contributed by atoms with Crippen LogP contribution >= 0.6 is 0 Å². The summed E-state index contributed by atoms with van der Waals surface area (Å²) in [6.07, 6.45) is 1.99. The number of nitrogens with zero attached hydrogens (tertiary/aromatic N) is 2. The lowest BCUT2D eigenvalue weighted by Crippen LogP contribution is -2.33. The fourth-order valence-corrected chi connectivity index (χ4v) is 3.99. The summed E-state index contributed by atoms with van der Waals surface area (Å²) in [6.45, 7) is 5.72. The second kappa shape index (κ2) is 9.73. The lowest BCUT2D eigenvalue weighted by atomic mass is 9.98. The Labute approximate surface area is 193 Å². The number of ether oxygens (including phenoxy) is 1. The highest BCUT2D eigenvalue weighted by Gasteiger charge is 2.25. The number of aryl methyl sites for hydroxylation is 1. The number of anilines is 2. The fraction of sp³-hybridized carbons (Fsp3) is 0.269. The van der Waals surface area contributed by atoms with Crippen molar-refractivity contribution < 1.29 is 14.5 Å². The molecule has 7 nitrogen and oxygen atoms in total. The van der Waals surface area contributed by atoms with Crippen LogP contribution in [-0.2, 0) is 0 Å². The Hall–Kier alpha value is -3.87. The van der Waals surface area contributed by atoms with Crippen molar-refractivity contribution in [2.45, 2.75) is 26.7 Å². The molecular weight excluding hydrogens is 418 g/mol. The minimum absolute atomic E-state index is 0.0542. The van der Waals surface area contributed by atoms with Crippen molar-refractivity contribution in [3.05, 3.63) is 88.0 Å². The summed E-state index contributed by atoms with van der Waals surface area (Å²) in [7, 11) is 0. The van der Waals surface area contributed by atoms with Gasteiger partial charge in [0.25, 0.3) is 11.6 Å². The molecule has 1 heterocycles. The Morgan fingerprint density at radius 3 is 2.55 bits per heavy atom. The van der Waals surface area contributed by atoms with Crippen LogP contribution in [0.25, 0.3) is 0 Å². The first-order chi connectivity index (χ1) is 15.9. The van der Waals surface area contributed by atoms with Crippen molar-refractivity contribution >= 4 is 23.0 Å². The average Bonchev–Trinajstić information content (AvgIpc) is 2.80.